The first-order valence-corrected chi connectivity index (χ1v) is 9.11. The van der Waals surface area contributed by atoms with E-state index >= 15 is 0 Å². The van der Waals surface area contributed by atoms with Crippen molar-refractivity contribution in [2.45, 2.75) is 25.9 Å². The second kappa shape index (κ2) is 7.57. The smallest absolute Gasteiger partial charge is 0.423 e. The number of anilines is 3. The van der Waals surface area contributed by atoms with Crippen molar-refractivity contribution in [2.75, 3.05) is 10.2 Å². The number of halogens is 1. The van der Waals surface area contributed by atoms with Crippen molar-refractivity contribution in [3.63, 3.8) is 0 Å². The summed E-state index contributed by atoms with van der Waals surface area (Å²) in [6.07, 6.45) is 2.35. The second-order valence-corrected chi connectivity index (χ2v) is 6.87. The van der Waals surface area contributed by atoms with Gasteiger partial charge in [0.25, 0.3) is 0 Å². The lowest BCUT2D eigenvalue weighted by Crippen LogP contribution is -2.32. The zero-order valence-corrected chi connectivity index (χ0v) is 15.4. The molecule has 3 N–H and O–H groups in total. The average molecular weight is 378 g/mol. The van der Waals surface area contributed by atoms with Gasteiger partial charge in [0.05, 0.1) is 0 Å². The molecular weight excluding hydrogens is 358 g/mol. The van der Waals surface area contributed by atoms with Gasteiger partial charge in [-0.2, -0.15) is 4.98 Å². The Kier molecular flexibility index (Phi) is 4.98. The third-order valence-corrected chi connectivity index (χ3v) is 4.89. The molecule has 0 radical (unpaired) electrons. The van der Waals surface area contributed by atoms with Crippen LogP contribution in [0.3, 0.4) is 0 Å². The maximum atomic E-state index is 13.3. The molecule has 0 bridgehead atoms. The highest BCUT2D eigenvalue weighted by Crippen LogP contribution is 2.35. The van der Waals surface area contributed by atoms with Gasteiger partial charge in [-0.05, 0) is 54.2 Å². The molecule has 0 fully saturated rings. The molecule has 0 spiro atoms. The van der Waals surface area contributed by atoms with Crippen LogP contribution in [0.1, 0.15) is 18.1 Å². The summed E-state index contributed by atoms with van der Waals surface area (Å²) in [6, 6.07) is 13.7. The van der Waals surface area contributed by atoms with Crippen LogP contribution in [0.25, 0.3) is 0 Å². The predicted octanol–water partition coefficient (Wildman–Crippen LogP) is 1.99. The van der Waals surface area contributed by atoms with Crippen molar-refractivity contribution in [3.05, 3.63) is 71.7 Å². The van der Waals surface area contributed by atoms with Gasteiger partial charge in [0, 0.05) is 24.5 Å². The Hall–Kier alpha value is -2.97. The van der Waals surface area contributed by atoms with Crippen LogP contribution in [-0.4, -0.2) is 33.2 Å². The number of fused-ring (bicyclic) bond motifs is 1. The van der Waals surface area contributed by atoms with Crippen molar-refractivity contribution < 1.29 is 14.4 Å². The van der Waals surface area contributed by atoms with Crippen LogP contribution in [0.15, 0.2) is 54.7 Å². The normalized spacial score (nSPS) is 15.4. The lowest BCUT2D eigenvalue weighted by Gasteiger charge is -2.23. The summed E-state index contributed by atoms with van der Waals surface area (Å²) in [5, 5.41) is 22.5. The molecule has 1 aromatic heterocycles. The van der Waals surface area contributed by atoms with E-state index in [-0.39, 0.29) is 11.9 Å². The van der Waals surface area contributed by atoms with E-state index in [9.17, 15) is 14.4 Å². The molecule has 4 rings (SSSR count). The highest BCUT2D eigenvalue weighted by atomic mass is 19.1. The van der Waals surface area contributed by atoms with Gasteiger partial charge in [0.2, 0.25) is 5.95 Å². The van der Waals surface area contributed by atoms with E-state index in [1.165, 1.54) is 12.1 Å². The van der Waals surface area contributed by atoms with Crippen LogP contribution in [-0.2, 0) is 13.0 Å². The number of rotatable bonds is 5. The third-order valence-electron chi connectivity index (χ3n) is 4.89. The first-order valence-electron chi connectivity index (χ1n) is 9.11. The number of hydrogen-bond acceptors (Lipinski definition) is 6. The molecule has 1 aliphatic rings. The molecule has 3 aromatic rings. The van der Waals surface area contributed by atoms with Crippen LogP contribution in [0.2, 0.25) is 0 Å². The van der Waals surface area contributed by atoms with E-state index in [4.69, 9.17) is 0 Å². The molecule has 0 aliphatic carbocycles. The zero-order chi connectivity index (χ0) is 19.7. The van der Waals surface area contributed by atoms with Gasteiger partial charge in [-0.15, -0.1) is 0 Å². The Morgan fingerprint density at radius 2 is 2.04 bits per heavy atom. The van der Waals surface area contributed by atoms with Gasteiger partial charge in [-0.3, -0.25) is 0 Å². The molecule has 142 valence electrons. The number of nitrogens with one attached hydrogen (secondary N) is 1. The van der Waals surface area contributed by atoms with Crippen LogP contribution < -0.4 is 15.7 Å². The second-order valence-electron chi connectivity index (χ2n) is 6.87. The quantitative estimate of drug-likeness (QED) is 0.590. The minimum absolute atomic E-state index is 0.0772. The highest BCUT2D eigenvalue weighted by molar-refractivity contribution is 6.59. The van der Waals surface area contributed by atoms with Crippen molar-refractivity contribution in [2.24, 2.45) is 0 Å². The van der Waals surface area contributed by atoms with Gasteiger partial charge in [0.15, 0.2) is 0 Å². The SMILES string of the molecule is CC1Cc2c(B(O)O)cccc2N1c1nccc(NCc2cccc(F)c2)n1. The first kappa shape index (κ1) is 18.4. The Bertz CT molecular complexity index is 1000. The summed E-state index contributed by atoms with van der Waals surface area (Å²) in [5.74, 6) is 0.889. The summed E-state index contributed by atoms with van der Waals surface area (Å²) in [5.41, 5.74) is 3.10. The highest BCUT2D eigenvalue weighted by Gasteiger charge is 2.33. The number of aromatic nitrogens is 2. The van der Waals surface area contributed by atoms with E-state index in [0.717, 1.165) is 16.8 Å². The maximum absolute atomic E-state index is 13.3. The van der Waals surface area contributed by atoms with Crippen molar-refractivity contribution in [3.8, 4) is 0 Å². The molecular formula is C20H20BFN4O2. The lowest BCUT2D eigenvalue weighted by molar-refractivity contribution is 0.425. The van der Waals surface area contributed by atoms with Crippen LogP contribution in [0.4, 0.5) is 21.8 Å². The van der Waals surface area contributed by atoms with Crippen molar-refractivity contribution in [1.82, 2.24) is 9.97 Å². The molecule has 2 heterocycles. The van der Waals surface area contributed by atoms with Crippen molar-refractivity contribution in [1.29, 1.82) is 0 Å². The Labute approximate surface area is 162 Å². The fourth-order valence-electron chi connectivity index (χ4n) is 3.61. The summed E-state index contributed by atoms with van der Waals surface area (Å²) < 4.78 is 13.3. The molecule has 1 aliphatic heterocycles. The molecule has 8 heteroatoms. The molecule has 0 saturated carbocycles. The third kappa shape index (κ3) is 3.56. The molecule has 6 nitrogen and oxygen atoms in total. The Morgan fingerprint density at radius 3 is 2.82 bits per heavy atom. The molecule has 0 amide bonds. The number of nitrogens with zero attached hydrogens (tertiary/aromatic N) is 3. The Morgan fingerprint density at radius 1 is 1.21 bits per heavy atom. The summed E-state index contributed by atoms with van der Waals surface area (Å²) in [6.45, 7) is 2.49. The monoisotopic (exact) mass is 378 g/mol. The van der Waals surface area contributed by atoms with E-state index in [0.29, 0.717) is 30.2 Å². The average Bonchev–Trinajstić information content (AvgIpc) is 3.02. The molecule has 28 heavy (non-hydrogen) atoms. The predicted molar refractivity (Wildman–Crippen MR) is 107 cm³/mol. The summed E-state index contributed by atoms with van der Waals surface area (Å²) >= 11 is 0. The molecule has 0 saturated heterocycles. The van der Waals surface area contributed by atoms with Crippen LogP contribution >= 0.6 is 0 Å². The molecule has 1 unspecified atom stereocenters. The van der Waals surface area contributed by atoms with E-state index in [2.05, 4.69) is 15.3 Å². The van der Waals surface area contributed by atoms with Gasteiger partial charge >= 0.3 is 7.12 Å². The fraction of sp³-hybridized carbons (Fsp3) is 0.200. The summed E-state index contributed by atoms with van der Waals surface area (Å²) in [7, 11) is -1.51. The topological polar surface area (TPSA) is 81.5 Å². The molecule has 2 aromatic carbocycles. The maximum Gasteiger partial charge on any atom is 0.488 e. The van der Waals surface area contributed by atoms with E-state index < -0.39 is 7.12 Å². The van der Waals surface area contributed by atoms with Gasteiger partial charge in [-0.1, -0.05) is 24.3 Å². The van der Waals surface area contributed by atoms with Gasteiger partial charge < -0.3 is 20.3 Å². The van der Waals surface area contributed by atoms with E-state index in [1.807, 2.05) is 24.0 Å². The zero-order valence-electron chi connectivity index (χ0n) is 15.4. The number of hydrogen-bond donors (Lipinski definition) is 3. The van der Waals surface area contributed by atoms with Gasteiger partial charge in [0.1, 0.15) is 11.6 Å². The Balaban J connectivity index is 1.59. The fourth-order valence-corrected chi connectivity index (χ4v) is 3.61. The largest absolute Gasteiger partial charge is 0.488 e. The standard InChI is InChI=1S/C20H20BFN4O2/c1-13-10-16-17(21(27)28)6-3-7-18(16)26(13)20-23-9-8-19(25-20)24-12-14-4-2-5-15(22)11-14/h2-9,11,13,27-28H,10,12H2,1H3,(H,23,24,25). The van der Waals surface area contributed by atoms with Crippen molar-refractivity contribution >= 4 is 30.0 Å². The van der Waals surface area contributed by atoms with Gasteiger partial charge in [-0.25, -0.2) is 9.37 Å². The minimum atomic E-state index is -1.51. The summed E-state index contributed by atoms with van der Waals surface area (Å²) in [4.78, 5) is 11.0. The lowest BCUT2D eigenvalue weighted by atomic mass is 9.76. The minimum Gasteiger partial charge on any atom is -0.423 e. The molecule has 1 atom stereocenters. The number of benzene rings is 2. The van der Waals surface area contributed by atoms with Crippen LogP contribution in [0.5, 0.6) is 0 Å². The first-order chi connectivity index (χ1) is 13.5. The van der Waals surface area contributed by atoms with Crippen LogP contribution in [0, 0.1) is 5.82 Å². The van der Waals surface area contributed by atoms with E-state index in [1.54, 1.807) is 30.5 Å².